The first kappa shape index (κ1) is 16.7. The van der Waals surface area contributed by atoms with Gasteiger partial charge in [0.1, 0.15) is 11.9 Å². The van der Waals surface area contributed by atoms with Gasteiger partial charge in [0.15, 0.2) is 0 Å². The van der Waals surface area contributed by atoms with Crippen LogP contribution in [0.5, 0.6) is 0 Å². The molecule has 120 valence electrons. The number of nitrogens with zero attached hydrogens (tertiary/aromatic N) is 3. The highest BCUT2D eigenvalue weighted by molar-refractivity contribution is 5.53. The lowest BCUT2D eigenvalue weighted by Gasteiger charge is -2.34. The Kier molecular flexibility index (Phi) is 6.17. The molecule has 1 saturated heterocycles. The third-order valence-electron chi connectivity index (χ3n) is 4.46. The van der Waals surface area contributed by atoms with Gasteiger partial charge in [0.2, 0.25) is 0 Å². The molecule has 2 N–H and O–H groups in total. The van der Waals surface area contributed by atoms with Crippen LogP contribution < -0.4 is 5.32 Å². The number of hydrogen-bond acceptors (Lipinski definition) is 5. The number of aliphatic hydroxyl groups is 1. The molecular formula is C17H26N4O. The van der Waals surface area contributed by atoms with E-state index in [-0.39, 0.29) is 6.61 Å². The first-order valence-corrected chi connectivity index (χ1v) is 8.13. The normalized spacial score (nSPS) is 18.9. The molecule has 0 aliphatic carbocycles. The Morgan fingerprint density at radius 2 is 2.27 bits per heavy atom. The summed E-state index contributed by atoms with van der Waals surface area (Å²) in [5.74, 6) is 0.683. The average Bonchev–Trinajstić information content (AvgIpc) is 2.54. The number of aryl methyl sites for hydroxylation is 2. The van der Waals surface area contributed by atoms with E-state index >= 15 is 0 Å². The molecule has 0 amide bonds. The summed E-state index contributed by atoms with van der Waals surface area (Å²) in [5, 5.41) is 21.9. The first-order valence-electron chi connectivity index (χ1n) is 8.13. The minimum absolute atomic E-state index is 0.255. The van der Waals surface area contributed by atoms with E-state index in [1.54, 1.807) is 0 Å². The van der Waals surface area contributed by atoms with Gasteiger partial charge in [0, 0.05) is 24.8 Å². The Balaban J connectivity index is 1.84. The number of aliphatic hydroxyl groups excluding tert-OH is 1. The Labute approximate surface area is 133 Å². The predicted molar refractivity (Wildman–Crippen MR) is 87.8 cm³/mol. The van der Waals surface area contributed by atoms with Crippen molar-refractivity contribution in [2.24, 2.45) is 0 Å². The van der Waals surface area contributed by atoms with Crippen LogP contribution in [0, 0.1) is 25.2 Å². The van der Waals surface area contributed by atoms with E-state index in [1.165, 1.54) is 12.8 Å². The van der Waals surface area contributed by atoms with Crippen LogP contribution in [-0.2, 0) is 0 Å². The van der Waals surface area contributed by atoms with E-state index in [1.807, 2.05) is 19.9 Å². The van der Waals surface area contributed by atoms with Gasteiger partial charge in [-0.25, -0.2) is 4.98 Å². The van der Waals surface area contributed by atoms with Crippen molar-refractivity contribution in [3.8, 4) is 6.07 Å². The van der Waals surface area contributed by atoms with Crippen molar-refractivity contribution in [2.75, 3.05) is 31.6 Å². The van der Waals surface area contributed by atoms with Crippen molar-refractivity contribution in [3.05, 3.63) is 22.9 Å². The molecule has 0 aromatic carbocycles. The second-order valence-corrected chi connectivity index (χ2v) is 6.05. The fourth-order valence-electron chi connectivity index (χ4n) is 2.98. The molecule has 1 aliphatic rings. The maximum atomic E-state index is 9.42. The molecule has 0 bridgehead atoms. The smallest absolute Gasteiger partial charge is 0.144 e. The quantitative estimate of drug-likeness (QED) is 0.788. The highest BCUT2D eigenvalue weighted by atomic mass is 16.3. The summed E-state index contributed by atoms with van der Waals surface area (Å²) in [4.78, 5) is 6.85. The van der Waals surface area contributed by atoms with Crippen LogP contribution in [0.2, 0.25) is 0 Å². The lowest BCUT2D eigenvalue weighted by Crippen LogP contribution is -2.42. The summed E-state index contributed by atoms with van der Waals surface area (Å²) < 4.78 is 0. The number of aromatic nitrogens is 1. The van der Waals surface area contributed by atoms with Crippen LogP contribution in [0.4, 0.5) is 5.82 Å². The molecule has 22 heavy (non-hydrogen) atoms. The molecule has 1 aromatic heterocycles. The standard InChI is InChI=1S/C17H26N4O/c1-13-10-15(11-18)17(20-14(13)2)19-7-5-9-21-8-4-3-6-16(21)12-22/h10,16,22H,3-9,12H2,1-2H3,(H,19,20)/t16-/m1/s1. The summed E-state index contributed by atoms with van der Waals surface area (Å²) in [5.41, 5.74) is 2.60. The number of nitriles is 1. The third-order valence-corrected chi connectivity index (χ3v) is 4.46. The first-order chi connectivity index (χ1) is 10.7. The number of rotatable bonds is 6. The molecule has 2 rings (SSSR count). The Bertz CT molecular complexity index is 538. The summed E-state index contributed by atoms with van der Waals surface area (Å²) in [6, 6.07) is 4.41. The molecule has 5 nitrogen and oxygen atoms in total. The number of nitrogens with one attached hydrogen (secondary N) is 1. The molecule has 1 aliphatic heterocycles. The van der Waals surface area contributed by atoms with Crippen LogP contribution in [-0.4, -0.2) is 47.3 Å². The van der Waals surface area contributed by atoms with Gasteiger partial charge < -0.3 is 10.4 Å². The van der Waals surface area contributed by atoms with Crippen molar-refractivity contribution in [1.82, 2.24) is 9.88 Å². The highest BCUT2D eigenvalue weighted by Crippen LogP contribution is 2.18. The minimum Gasteiger partial charge on any atom is -0.395 e. The fourth-order valence-corrected chi connectivity index (χ4v) is 2.98. The molecule has 2 heterocycles. The molecular weight excluding hydrogens is 276 g/mol. The van der Waals surface area contributed by atoms with Crippen molar-refractivity contribution < 1.29 is 5.11 Å². The minimum atomic E-state index is 0.255. The van der Waals surface area contributed by atoms with Crippen LogP contribution in [0.1, 0.15) is 42.5 Å². The van der Waals surface area contributed by atoms with E-state index in [2.05, 4.69) is 21.3 Å². The molecule has 0 unspecified atom stereocenters. The monoisotopic (exact) mass is 302 g/mol. The molecule has 1 fully saturated rings. The number of hydrogen-bond donors (Lipinski definition) is 2. The van der Waals surface area contributed by atoms with E-state index in [0.717, 1.165) is 43.7 Å². The summed E-state index contributed by atoms with van der Waals surface area (Å²) in [6.07, 6.45) is 4.52. The number of pyridine rings is 1. The van der Waals surface area contributed by atoms with Gasteiger partial charge in [-0.15, -0.1) is 0 Å². The van der Waals surface area contributed by atoms with Crippen LogP contribution >= 0.6 is 0 Å². The number of anilines is 1. The zero-order valence-electron chi connectivity index (χ0n) is 13.6. The summed E-state index contributed by atoms with van der Waals surface area (Å²) in [6.45, 7) is 7.03. The van der Waals surface area contributed by atoms with Gasteiger partial charge >= 0.3 is 0 Å². The Morgan fingerprint density at radius 3 is 3.00 bits per heavy atom. The van der Waals surface area contributed by atoms with Gasteiger partial charge in [-0.3, -0.25) is 4.90 Å². The van der Waals surface area contributed by atoms with Crippen LogP contribution in [0.3, 0.4) is 0 Å². The summed E-state index contributed by atoms with van der Waals surface area (Å²) >= 11 is 0. The van der Waals surface area contributed by atoms with E-state index in [4.69, 9.17) is 0 Å². The van der Waals surface area contributed by atoms with E-state index in [0.29, 0.717) is 17.4 Å². The lowest BCUT2D eigenvalue weighted by molar-refractivity contribution is 0.0901. The number of likely N-dealkylation sites (tertiary alicyclic amines) is 1. The maximum absolute atomic E-state index is 9.42. The largest absolute Gasteiger partial charge is 0.395 e. The second-order valence-electron chi connectivity index (χ2n) is 6.05. The van der Waals surface area contributed by atoms with E-state index in [9.17, 15) is 10.4 Å². The Hall–Kier alpha value is -1.64. The van der Waals surface area contributed by atoms with Crippen LogP contribution in [0.15, 0.2) is 6.07 Å². The number of piperidine rings is 1. The summed E-state index contributed by atoms with van der Waals surface area (Å²) in [7, 11) is 0. The average molecular weight is 302 g/mol. The highest BCUT2D eigenvalue weighted by Gasteiger charge is 2.20. The van der Waals surface area contributed by atoms with Gasteiger partial charge in [0.25, 0.3) is 0 Å². The van der Waals surface area contributed by atoms with Crippen molar-refractivity contribution in [1.29, 1.82) is 5.26 Å². The molecule has 0 saturated carbocycles. The van der Waals surface area contributed by atoms with Gasteiger partial charge in [0.05, 0.1) is 12.2 Å². The molecule has 0 radical (unpaired) electrons. The Morgan fingerprint density at radius 1 is 1.45 bits per heavy atom. The molecule has 1 atom stereocenters. The van der Waals surface area contributed by atoms with Gasteiger partial charge in [-0.2, -0.15) is 5.26 Å². The third kappa shape index (κ3) is 4.19. The topological polar surface area (TPSA) is 72.2 Å². The SMILES string of the molecule is Cc1cc(C#N)c(NCCCN2CCCC[C@@H]2CO)nc1C. The van der Waals surface area contributed by atoms with E-state index < -0.39 is 0 Å². The zero-order chi connectivity index (χ0) is 15.9. The van der Waals surface area contributed by atoms with Crippen molar-refractivity contribution in [2.45, 2.75) is 45.6 Å². The molecule has 1 aromatic rings. The van der Waals surface area contributed by atoms with Gasteiger partial charge in [-0.05, 0) is 51.3 Å². The lowest BCUT2D eigenvalue weighted by atomic mass is 10.0. The van der Waals surface area contributed by atoms with Crippen molar-refractivity contribution >= 4 is 5.82 Å². The van der Waals surface area contributed by atoms with Gasteiger partial charge in [-0.1, -0.05) is 6.42 Å². The zero-order valence-corrected chi connectivity index (χ0v) is 13.6. The fraction of sp³-hybridized carbons (Fsp3) is 0.647. The maximum Gasteiger partial charge on any atom is 0.144 e. The predicted octanol–water partition coefficient (Wildman–Crippen LogP) is 2.22. The molecule has 5 heteroatoms. The second kappa shape index (κ2) is 8.11. The van der Waals surface area contributed by atoms with Crippen LogP contribution in [0.25, 0.3) is 0 Å². The van der Waals surface area contributed by atoms with Crippen molar-refractivity contribution in [3.63, 3.8) is 0 Å². The molecule has 0 spiro atoms.